The second-order valence-corrected chi connectivity index (χ2v) is 6.69. The van der Waals surface area contributed by atoms with E-state index in [1.54, 1.807) is 7.05 Å². The minimum Gasteiger partial charge on any atom is -0.256 e. The van der Waals surface area contributed by atoms with Gasteiger partial charge in [-0.3, -0.25) is 4.68 Å². The topological polar surface area (TPSA) is 52.0 Å². The Kier molecular flexibility index (Phi) is 2.67. The quantitative estimate of drug-likeness (QED) is 0.697. The van der Waals surface area contributed by atoms with Crippen LogP contribution in [0.3, 0.4) is 0 Å². The zero-order valence-electron chi connectivity index (χ0n) is 8.57. The van der Waals surface area contributed by atoms with Crippen LogP contribution in [-0.4, -0.2) is 18.2 Å². The summed E-state index contributed by atoms with van der Waals surface area (Å²) in [6.07, 6.45) is 0. The van der Waals surface area contributed by atoms with Crippen LogP contribution in [0, 0.1) is 0 Å². The maximum absolute atomic E-state index is 11.1. The van der Waals surface area contributed by atoms with Gasteiger partial charge in [-0.15, -0.1) is 0 Å². The van der Waals surface area contributed by atoms with Crippen LogP contribution in [-0.2, 0) is 21.5 Å². The summed E-state index contributed by atoms with van der Waals surface area (Å²) >= 11 is 0. The third kappa shape index (κ3) is 2.27. The number of hydrogen-bond acceptors (Lipinski definition) is 3. The van der Waals surface area contributed by atoms with Crippen LogP contribution in [0.2, 0.25) is 0 Å². The lowest BCUT2D eigenvalue weighted by molar-refractivity contribution is 0.546. The summed E-state index contributed by atoms with van der Waals surface area (Å²) in [5.74, 6) is 0. The molecule has 1 aromatic heterocycles. The zero-order valence-corrected chi connectivity index (χ0v) is 10.1. The number of hydrogen-bond donors (Lipinski definition) is 0. The summed E-state index contributed by atoms with van der Waals surface area (Å²) < 4.78 is 23.5. The monoisotopic (exact) mass is 236 g/mol. The summed E-state index contributed by atoms with van der Waals surface area (Å²) in [4.78, 5) is 0. The molecule has 0 aliphatic heterocycles. The molecule has 1 heterocycles. The van der Waals surface area contributed by atoms with Crippen LogP contribution in [0.1, 0.15) is 26.5 Å². The second kappa shape index (κ2) is 3.24. The van der Waals surface area contributed by atoms with Crippen molar-refractivity contribution >= 4 is 19.7 Å². The van der Waals surface area contributed by atoms with Crippen molar-refractivity contribution in [2.75, 3.05) is 0 Å². The van der Waals surface area contributed by atoms with Gasteiger partial charge in [0.25, 0.3) is 9.05 Å². The molecule has 0 aliphatic rings. The summed E-state index contributed by atoms with van der Waals surface area (Å²) in [6.45, 7) is 5.87. The lowest BCUT2D eigenvalue weighted by Crippen LogP contribution is -2.12. The summed E-state index contributed by atoms with van der Waals surface area (Å²) in [5, 5.41) is 4.13. The third-order valence-corrected chi connectivity index (χ3v) is 3.21. The van der Waals surface area contributed by atoms with Crippen LogP contribution >= 0.6 is 10.7 Å². The van der Waals surface area contributed by atoms with Gasteiger partial charge in [0, 0.05) is 29.2 Å². The van der Waals surface area contributed by atoms with Gasteiger partial charge in [-0.1, -0.05) is 20.8 Å². The van der Waals surface area contributed by atoms with Crippen molar-refractivity contribution in [3.8, 4) is 0 Å². The van der Waals surface area contributed by atoms with Gasteiger partial charge in [0.15, 0.2) is 5.03 Å². The number of nitrogens with zero attached hydrogens (tertiary/aromatic N) is 2. The maximum Gasteiger partial charge on any atom is 0.278 e. The molecule has 4 nitrogen and oxygen atoms in total. The first-order valence-corrected chi connectivity index (χ1v) is 6.42. The fourth-order valence-electron chi connectivity index (χ4n) is 1.04. The molecular formula is C8H13ClN2O2S. The van der Waals surface area contributed by atoms with Gasteiger partial charge >= 0.3 is 0 Å². The molecule has 0 aliphatic carbocycles. The van der Waals surface area contributed by atoms with E-state index >= 15 is 0 Å². The Balaban J connectivity index is 3.33. The van der Waals surface area contributed by atoms with Crippen molar-refractivity contribution in [2.45, 2.75) is 31.2 Å². The maximum atomic E-state index is 11.1. The van der Waals surface area contributed by atoms with E-state index in [-0.39, 0.29) is 10.4 Å². The molecule has 0 unspecified atom stereocenters. The van der Waals surface area contributed by atoms with Gasteiger partial charge in [-0.25, -0.2) is 8.42 Å². The SMILES string of the molecule is Cn1nc(C(C)(C)C)cc1S(=O)(=O)Cl. The minimum atomic E-state index is -3.70. The lowest BCUT2D eigenvalue weighted by Gasteiger charge is -2.13. The minimum absolute atomic E-state index is 0.0316. The van der Waals surface area contributed by atoms with Crippen LogP contribution in [0.4, 0.5) is 0 Å². The van der Waals surface area contributed by atoms with Crippen LogP contribution in [0.5, 0.6) is 0 Å². The molecule has 0 aromatic carbocycles. The highest BCUT2D eigenvalue weighted by atomic mass is 35.7. The first-order valence-electron chi connectivity index (χ1n) is 4.11. The Morgan fingerprint density at radius 3 is 2.14 bits per heavy atom. The first-order chi connectivity index (χ1) is 6.12. The Hall–Kier alpha value is -0.550. The molecule has 6 heteroatoms. The Morgan fingerprint density at radius 1 is 1.43 bits per heavy atom. The molecule has 80 valence electrons. The molecule has 1 aromatic rings. The Bertz CT molecular complexity index is 442. The van der Waals surface area contributed by atoms with E-state index in [0.29, 0.717) is 5.69 Å². The molecule has 0 atom stereocenters. The number of aryl methyl sites for hydroxylation is 1. The van der Waals surface area contributed by atoms with E-state index < -0.39 is 9.05 Å². The second-order valence-electron chi connectivity index (χ2n) is 4.18. The Morgan fingerprint density at radius 2 is 1.93 bits per heavy atom. The number of aromatic nitrogens is 2. The normalized spacial score (nSPS) is 13.2. The highest BCUT2D eigenvalue weighted by Crippen LogP contribution is 2.24. The van der Waals surface area contributed by atoms with Gasteiger partial charge in [-0.05, 0) is 0 Å². The van der Waals surface area contributed by atoms with Crippen LogP contribution < -0.4 is 0 Å². The predicted octanol–water partition coefficient (Wildman–Crippen LogP) is 1.65. The molecule has 1 rings (SSSR count). The average molecular weight is 237 g/mol. The van der Waals surface area contributed by atoms with Gasteiger partial charge in [0.1, 0.15) is 0 Å². The molecule has 0 fully saturated rings. The molecule has 0 bridgehead atoms. The van der Waals surface area contributed by atoms with Crippen molar-refractivity contribution in [3.63, 3.8) is 0 Å². The van der Waals surface area contributed by atoms with E-state index in [9.17, 15) is 8.42 Å². The van der Waals surface area contributed by atoms with Gasteiger partial charge < -0.3 is 0 Å². The number of rotatable bonds is 1. The van der Waals surface area contributed by atoms with Crippen molar-refractivity contribution in [1.82, 2.24) is 9.78 Å². The fourth-order valence-corrected chi connectivity index (χ4v) is 2.09. The van der Waals surface area contributed by atoms with Gasteiger partial charge in [0.2, 0.25) is 0 Å². The van der Waals surface area contributed by atoms with Gasteiger partial charge in [0.05, 0.1) is 5.69 Å². The molecule has 0 spiro atoms. The van der Waals surface area contributed by atoms with Crippen LogP contribution in [0.25, 0.3) is 0 Å². The van der Waals surface area contributed by atoms with Crippen molar-refractivity contribution < 1.29 is 8.42 Å². The van der Waals surface area contributed by atoms with Crippen molar-refractivity contribution in [1.29, 1.82) is 0 Å². The Labute approximate surface area is 88.3 Å². The summed E-state index contributed by atoms with van der Waals surface area (Å²) in [5.41, 5.74) is 0.525. The van der Waals surface area contributed by atoms with Crippen molar-refractivity contribution in [2.24, 2.45) is 7.05 Å². The largest absolute Gasteiger partial charge is 0.278 e. The highest BCUT2D eigenvalue weighted by Gasteiger charge is 2.23. The molecule has 14 heavy (non-hydrogen) atoms. The van der Waals surface area contributed by atoms with E-state index in [2.05, 4.69) is 5.10 Å². The van der Waals surface area contributed by atoms with Crippen molar-refractivity contribution in [3.05, 3.63) is 11.8 Å². The molecule has 0 N–H and O–H groups in total. The smallest absolute Gasteiger partial charge is 0.256 e. The molecule has 0 saturated heterocycles. The predicted molar refractivity (Wildman–Crippen MR) is 54.9 cm³/mol. The van der Waals surface area contributed by atoms with E-state index in [1.807, 2.05) is 20.8 Å². The van der Waals surface area contributed by atoms with E-state index in [1.165, 1.54) is 10.7 Å². The zero-order chi connectivity index (χ0) is 11.1. The molecule has 0 amide bonds. The average Bonchev–Trinajstić information content (AvgIpc) is 2.27. The van der Waals surface area contributed by atoms with E-state index in [4.69, 9.17) is 10.7 Å². The molecular weight excluding hydrogens is 224 g/mol. The number of halogens is 1. The van der Waals surface area contributed by atoms with Gasteiger partial charge in [-0.2, -0.15) is 5.10 Å². The highest BCUT2D eigenvalue weighted by molar-refractivity contribution is 8.13. The van der Waals surface area contributed by atoms with E-state index in [0.717, 1.165) is 0 Å². The lowest BCUT2D eigenvalue weighted by atomic mass is 9.93. The summed E-state index contributed by atoms with van der Waals surface area (Å²) in [6, 6.07) is 1.50. The third-order valence-electron chi connectivity index (χ3n) is 1.86. The molecule has 0 radical (unpaired) electrons. The first kappa shape index (κ1) is 11.5. The van der Waals surface area contributed by atoms with Crippen LogP contribution in [0.15, 0.2) is 11.1 Å². The fraction of sp³-hybridized carbons (Fsp3) is 0.625. The summed E-state index contributed by atoms with van der Waals surface area (Å²) in [7, 11) is 3.10. The molecule has 0 saturated carbocycles. The standard InChI is InChI=1S/C8H13ClN2O2S/c1-8(2,3)6-5-7(11(4)10-6)14(9,12)13/h5H,1-4H3.